The Morgan fingerprint density at radius 1 is 1.32 bits per heavy atom. The van der Waals surface area contributed by atoms with Crippen LogP contribution in [-0.4, -0.2) is 22.5 Å². The predicted octanol–water partition coefficient (Wildman–Crippen LogP) is 3.19. The third kappa shape index (κ3) is 2.43. The van der Waals surface area contributed by atoms with E-state index in [-0.39, 0.29) is 0 Å². The highest BCUT2D eigenvalue weighted by Gasteiger charge is 2.19. The van der Waals surface area contributed by atoms with E-state index in [1.807, 2.05) is 18.3 Å². The standard InChI is InChI=1S/C16H21N3/c1-12-5-2-3-10-19(12)11-13-7-8-15(17)14-6-4-9-18-16(13)14/h4,6-9,12H,2-3,5,10-11,17H2,1H3. The van der Waals surface area contributed by atoms with E-state index < -0.39 is 0 Å². The number of hydrogen-bond acceptors (Lipinski definition) is 3. The molecule has 0 bridgehead atoms. The zero-order valence-corrected chi connectivity index (χ0v) is 11.5. The van der Waals surface area contributed by atoms with Crippen molar-refractivity contribution in [1.82, 2.24) is 9.88 Å². The predicted molar refractivity (Wildman–Crippen MR) is 79.9 cm³/mol. The van der Waals surface area contributed by atoms with Gasteiger partial charge >= 0.3 is 0 Å². The third-order valence-corrected chi connectivity index (χ3v) is 4.20. The molecule has 19 heavy (non-hydrogen) atoms. The van der Waals surface area contributed by atoms with Gasteiger partial charge < -0.3 is 5.73 Å². The number of anilines is 1. The summed E-state index contributed by atoms with van der Waals surface area (Å²) >= 11 is 0. The molecular formula is C16H21N3. The van der Waals surface area contributed by atoms with E-state index in [4.69, 9.17) is 5.73 Å². The van der Waals surface area contributed by atoms with Crippen molar-refractivity contribution < 1.29 is 0 Å². The third-order valence-electron chi connectivity index (χ3n) is 4.20. The number of benzene rings is 1. The maximum atomic E-state index is 6.03. The van der Waals surface area contributed by atoms with Crippen LogP contribution in [-0.2, 0) is 6.54 Å². The van der Waals surface area contributed by atoms with Crippen molar-refractivity contribution in [2.75, 3.05) is 12.3 Å². The molecule has 1 atom stereocenters. The van der Waals surface area contributed by atoms with Crippen molar-refractivity contribution in [3.63, 3.8) is 0 Å². The Labute approximate surface area is 114 Å². The monoisotopic (exact) mass is 255 g/mol. The van der Waals surface area contributed by atoms with Crippen molar-refractivity contribution in [2.45, 2.75) is 38.8 Å². The van der Waals surface area contributed by atoms with Crippen molar-refractivity contribution in [3.8, 4) is 0 Å². The molecule has 0 spiro atoms. The molecule has 3 heteroatoms. The fourth-order valence-electron chi connectivity index (χ4n) is 2.99. The Balaban J connectivity index is 1.94. The molecule has 1 aromatic carbocycles. The van der Waals surface area contributed by atoms with Crippen LogP contribution in [0.5, 0.6) is 0 Å². The highest BCUT2D eigenvalue weighted by Crippen LogP contribution is 2.26. The van der Waals surface area contributed by atoms with Gasteiger partial charge in [0, 0.05) is 29.9 Å². The first kappa shape index (κ1) is 12.4. The SMILES string of the molecule is CC1CCCCN1Cc1ccc(N)c2cccnc12. The van der Waals surface area contributed by atoms with Gasteiger partial charge in [-0.3, -0.25) is 9.88 Å². The lowest BCUT2D eigenvalue weighted by Crippen LogP contribution is -2.36. The van der Waals surface area contributed by atoms with Crippen LogP contribution >= 0.6 is 0 Å². The molecule has 3 nitrogen and oxygen atoms in total. The average molecular weight is 255 g/mol. The van der Waals surface area contributed by atoms with E-state index in [9.17, 15) is 0 Å². The normalized spacial score (nSPS) is 20.8. The van der Waals surface area contributed by atoms with Crippen molar-refractivity contribution >= 4 is 16.6 Å². The number of likely N-dealkylation sites (tertiary alicyclic amines) is 1. The molecule has 1 fully saturated rings. The molecular weight excluding hydrogens is 234 g/mol. The molecule has 1 unspecified atom stereocenters. The molecule has 2 heterocycles. The summed E-state index contributed by atoms with van der Waals surface area (Å²) in [4.78, 5) is 7.08. The molecule has 1 aliphatic heterocycles. The van der Waals surface area contributed by atoms with E-state index in [1.165, 1.54) is 31.4 Å². The summed E-state index contributed by atoms with van der Waals surface area (Å²) in [5.41, 5.74) is 9.20. The number of hydrogen-bond donors (Lipinski definition) is 1. The van der Waals surface area contributed by atoms with Crippen LogP contribution in [0.1, 0.15) is 31.7 Å². The first-order valence-corrected chi connectivity index (χ1v) is 7.12. The number of rotatable bonds is 2. The Kier molecular flexibility index (Phi) is 3.38. The summed E-state index contributed by atoms with van der Waals surface area (Å²) in [6.45, 7) is 4.50. The Bertz CT molecular complexity index is 579. The molecule has 3 rings (SSSR count). The summed E-state index contributed by atoms with van der Waals surface area (Å²) in [5.74, 6) is 0. The maximum absolute atomic E-state index is 6.03. The van der Waals surface area contributed by atoms with Gasteiger partial charge in [0.2, 0.25) is 0 Å². The van der Waals surface area contributed by atoms with E-state index in [0.29, 0.717) is 6.04 Å². The quantitative estimate of drug-likeness (QED) is 0.838. The minimum atomic E-state index is 0.671. The van der Waals surface area contributed by atoms with Crippen LogP contribution in [0, 0.1) is 0 Å². The Hall–Kier alpha value is -1.61. The molecule has 0 amide bonds. The van der Waals surface area contributed by atoms with Crippen LogP contribution in [0.15, 0.2) is 30.5 Å². The van der Waals surface area contributed by atoms with Gasteiger partial charge in [-0.1, -0.05) is 12.5 Å². The summed E-state index contributed by atoms with van der Waals surface area (Å²) < 4.78 is 0. The number of nitrogen functional groups attached to an aromatic ring is 1. The van der Waals surface area contributed by atoms with Gasteiger partial charge in [0.15, 0.2) is 0 Å². The molecule has 1 saturated heterocycles. The van der Waals surface area contributed by atoms with Crippen LogP contribution in [0.3, 0.4) is 0 Å². The van der Waals surface area contributed by atoms with Crippen LogP contribution in [0.25, 0.3) is 10.9 Å². The summed E-state index contributed by atoms with van der Waals surface area (Å²) in [6, 6.07) is 8.82. The first-order chi connectivity index (χ1) is 9.25. The fraction of sp³-hybridized carbons (Fsp3) is 0.438. The lowest BCUT2D eigenvalue weighted by molar-refractivity contribution is 0.153. The van der Waals surface area contributed by atoms with E-state index in [1.54, 1.807) is 0 Å². The van der Waals surface area contributed by atoms with Crippen molar-refractivity contribution in [2.24, 2.45) is 0 Å². The second kappa shape index (κ2) is 5.17. The van der Waals surface area contributed by atoms with Gasteiger partial charge in [-0.15, -0.1) is 0 Å². The number of fused-ring (bicyclic) bond motifs is 1. The maximum Gasteiger partial charge on any atom is 0.0767 e. The lowest BCUT2D eigenvalue weighted by atomic mass is 10.0. The number of pyridine rings is 1. The highest BCUT2D eigenvalue weighted by molar-refractivity contribution is 5.92. The lowest BCUT2D eigenvalue weighted by Gasteiger charge is -2.33. The highest BCUT2D eigenvalue weighted by atomic mass is 15.2. The number of aromatic nitrogens is 1. The van der Waals surface area contributed by atoms with Crippen LogP contribution < -0.4 is 5.73 Å². The minimum absolute atomic E-state index is 0.671. The van der Waals surface area contributed by atoms with Crippen molar-refractivity contribution in [1.29, 1.82) is 0 Å². The number of piperidine rings is 1. The molecule has 0 radical (unpaired) electrons. The minimum Gasteiger partial charge on any atom is -0.398 e. The van der Waals surface area contributed by atoms with Gasteiger partial charge in [-0.05, 0) is 50.1 Å². The molecule has 1 aromatic heterocycles. The van der Waals surface area contributed by atoms with Gasteiger partial charge in [0.1, 0.15) is 0 Å². The first-order valence-electron chi connectivity index (χ1n) is 7.12. The van der Waals surface area contributed by atoms with Crippen LogP contribution in [0.2, 0.25) is 0 Å². The van der Waals surface area contributed by atoms with E-state index >= 15 is 0 Å². The summed E-state index contributed by atoms with van der Waals surface area (Å²) in [7, 11) is 0. The second-order valence-corrected chi connectivity index (χ2v) is 5.53. The average Bonchev–Trinajstić information content (AvgIpc) is 2.44. The molecule has 100 valence electrons. The van der Waals surface area contributed by atoms with Gasteiger partial charge in [-0.2, -0.15) is 0 Å². The Morgan fingerprint density at radius 3 is 3.05 bits per heavy atom. The van der Waals surface area contributed by atoms with E-state index in [2.05, 4.69) is 28.9 Å². The summed E-state index contributed by atoms with van der Waals surface area (Å²) in [6.07, 6.45) is 5.83. The zero-order valence-electron chi connectivity index (χ0n) is 11.5. The number of nitrogens with two attached hydrogens (primary N) is 1. The second-order valence-electron chi connectivity index (χ2n) is 5.53. The molecule has 1 aliphatic rings. The van der Waals surface area contributed by atoms with Crippen LogP contribution in [0.4, 0.5) is 5.69 Å². The topological polar surface area (TPSA) is 42.1 Å². The van der Waals surface area contributed by atoms with Crippen molar-refractivity contribution in [3.05, 3.63) is 36.0 Å². The molecule has 2 N–H and O–H groups in total. The zero-order chi connectivity index (χ0) is 13.2. The fourth-order valence-corrected chi connectivity index (χ4v) is 2.99. The molecule has 0 aliphatic carbocycles. The number of nitrogens with zero attached hydrogens (tertiary/aromatic N) is 2. The van der Waals surface area contributed by atoms with E-state index in [0.717, 1.165) is 23.1 Å². The van der Waals surface area contributed by atoms with Gasteiger partial charge in [-0.25, -0.2) is 0 Å². The smallest absolute Gasteiger partial charge is 0.0767 e. The molecule has 2 aromatic rings. The summed E-state index contributed by atoms with van der Waals surface area (Å²) in [5, 5.41) is 1.07. The largest absolute Gasteiger partial charge is 0.398 e. The Morgan fingerprint density at radius 2 is 2.21 bits per heavy atom. The molecule has 0 saturated carbocycles. The van der Waals surface area contributed by atoms with Gasteiger partial charge in [0.05, 0.1) is 5.52 Å². The van der Waals surface area contributed by atoms with Gasteiger partial charge in [0.25, 0.3) is 0 Å².